The number of hydrogen-bond acceptors (Lipinski definition) is 6. The molecule has 8 nitrogen and oxygen atoms in total. The summed E-state index contributed by atoms with van der Waals surface area (Å²) >= 11 is 6.05. The molecule has 36 heavy (non-hydrogen) atoms. The minimum Gasteiger partial charge on any atom is -0.368 e. The maximum Gasteiger partial charge on any atom is 0.322 e. The molecule has 1 N–H and O–H groups in total. The van der Waals surface area contributed by atoms with Gasteiger partial charge in [0, 0.05) is 75.2 Å². The van der Waals surface area contributed by atoms with E-state index in [0.29, 0.717) is 36.2 Å². The van der Waals surface area contributed by atoms with Crippen LogP contribution in [0.15, 0.2) is 48.5 Å². The fraction of sp³-hybridized carbons (Fsp3) is 0.346. The Balaban J connectivity index is 1.30. The van der Waals surface area contributed by atoms with E-state index in [1.54, 1.807) is 17.0 Å². The summed E-state index contributed by atoms with van der Waals surface area (Å²) in [7, 11) is 3.92. The zero-order chi connectivity index (χ0) is 25.2. The Labute approximate surface area is 215 Å². The average Bonchev–Trinajstić information content (AvgIpc) is 2.88. The molecule has 188 valence electrons. The topological polar surface area (TPSA) is 67.8 Å². The molecule has 0 aliphatic carbocycles. The lowest BCUT2D eigenvalue weighted by atomic mass is 10.1. The number of fused-ring (bicyclic) bond motifs is 1. The van der Waals surface area contributed by atoms with Crippen molar-refractivity contribution in [3.63, 3.8) is 0 Å². The first-order valence-electron chi connectivity index (χ1n) is 12.0. The number of anilines is 4. The number of urea groups is 1. The van der Waals surface area contributed by atoms with Gasteiger partial charge in [-0.1, -0.05) is 17.7 Å². The summed E-state index contributed by atoms with van der Waals surface area (Å²) in [5.41, 5.74) is 3.64. The van der Waals surface area contributed by atoms with Crippen LogP contribution in [0.25, 0.3) is 0 Å². The number of carbonyl (C=O) groups excluding carboxylic acids is 1. The number of amides is 2. The van der Waals surface area contributed by atoms with Crippen molar-refractivity contribution in [2.45, 2.75) is 13.0 Å². The molecule has 3 heterocycles. The van der Waals surface area contributed by atoms with Crippen molar-refractivity contribution in [3.8, 4) is 0 Å². The van der Waals surface area contributed by atoms with Crippen molar-refractivity contribution in [2.75, 3.05) is 66.8 Å². The summed E-state index contributed by atoms with van der Waals surface area (Å²) in [6.45, 7) is 4.17. The van der Waals surface area contributed by atoms with Gasteiger partial charge in [-0.15, -0.1) is 0 Å². The summed E-state index contributed by atoms with van der Waals surface area (Å²) in [5.74, 6) is 1.32. The Bertz CT molecular complexity index is 1250. The molecule has 1 aromatic heterocycles. The highest BCUT2D eigenvalue weighted by molar-refractivity contribution is 6.30. The van der Waals surface area contributed by atoms with Gasteiger partial charge in [-0.25, -0.2) is 14.2 Å². The van der Waals surface area contributed by atoms with E-state index >= 15 is 0 Å². The van der Waals surface area contributed by atoms with Crippen molar-refractivity contribution in [2.24, 2.45) is 0 Å². The third-order valence-electron chi connectivity index (χ3n) is 6.57. The Morgan fingerprint density at radius 2 is 1.72 bits per heavy atom. The highest BCUT2D eigenvalue weighted by Crippen LogP contribution is 2.29. The van der Waals surface area contributed by atoms with E-state index < -0.39 is 0 Å². The second-order valence-corrected chi connectivity index (χ2v) is 9.67. The molecule has 0 unspecified atom stereocenters. The minimum atomic E-state index is -0.225. The van der Waals surface area contributed by atoms with E-state index in [1.807, 2.05) is 43.3 Å². The fourth-order valence-corrected chi connectivity index (χ4v) is 4.84. The molecular formula is C26H29ClFN7O. The van der Waals surface area contributed by atoms with E-state index in [1.165, 1.54) is 12.1 Å². The van der Waals surface area contributed by atoms with E-state index in [-0.39, 0.29) is 11.8 Å². The van der Waals surface area contributed by atoms with Crippen molar-refractivity contribution < 1.29 is 9.18 Å². The first-order valence-corrected chi connectivity index (χ1v) is 12.4. The van der Waals surface area contributed by atoms with Crippen LogP contribution >= 0.6 is 11.6 Å². The minimum absolute atomic E-state index is 0.173. The second-order valence-electron chi connectivity index (χ2n) is 9.23. The molecule has 0 atom stereocenters. The molecule has 0 saturated carbocycles. The quantitative estimate of drug-likeness (QED) is 0.567. The van der Waals surface area contributed by atoms with Crippen LogP contribution in [0.5, 0.6) is 0 Å². The molecule has 10 heteroatoms. The summed E-state index contributed by atoms with van der Waals surface area (Å²) in [5, 5.41) is 3.51. The Kier molecular flexibility index (Phi) is 6.82. The second kappa shape index (κ2) is 10.2. The Hall–Kier alpha value is -3.59. The number of hydrogen-bond donors (Lipinski definition) is 1. The molecule has 5 rings (SSSR count). The lowest BCUT2D eigenvalue weighted by Crippen LogP contribution is -2.47. The molecule has 2 amide bonds. The van der Waals surface area contributed by atoms with E-state index in [4.69, 9.17) is 21.6 Å². The van der Waals surface area contributed by atoms with Crippen molar-refractivity contribution in [1.29, 1.82) is 0 Å². The van der Waals surface area contributed by atoms with Crippen LogP contribution in [-0.2, 0) is 13.0 Å². The SMILES string of the molecule is CN(C)c1nc(N2CCN(c3ccc(F)cc3)CC2)nc2c1CN(C(=O)Nc1cccc(Cl)c1)CC2. The van der Waals surface area contributed by atoms with E-state index in [9.17, 15) is 9.18 Å². The zero-order valence-electron chi connectivity index (χ0n) is 20.4. The van der Waals surface area contributed by atoms with Gasteiger partial charge in [-0.05, 0) is 42.5 Å². The predicted molar refractivity (Wildman–Crippen MR) is 142 cm³/mol. The van der Waals surface area contributed by atoms with Gasteiger partial charge in [0.15, 0.2) is 0 Å². The van der Waals surface area contributed by atoms with Gasteiger partial charge in [-0.2, -0.15) is 4.98 Å². The van der Waals surface area contributed by atoms with Crippen molar-refractivity contribution in [3.05, 3.63) is 70.6 Å². The molecule has 2 aliphatic heterocycles. The summed E-state index contributed by atoms with van der Waals surface area (Å²) in [6.07, 6.45) is 0.657. The third-order valence-corrected chi connectivity index (χ3v) is 6.80. The van der Waals surface area contributed by atoms with Gasteiger partial charge in [-0.3, -0.25) is 0 Å². The molecule has 2 aliphatic rings. The first-order chi connectivity index (χ1) is 17.4. The largest absolute Gasteiger partial charge is 0.368 e. The maximum absolute atomic E-state index is 13.3. The number of aromatic nitrogens is 2. The summed E-state index contributed by atoms with van der Waals surface area (Å²) < 4.78 is 13.3. The number of halogens is 2. The molecule has 2 aromatic carbocycles. The average molecular weight is 510 g/mol. The van der Waals surface area contributed by atoms with Crippen LogP contribution in [0.4, 0.5) is 32.3 Å². The van der Waals surface area contributed by atoms with E-state index in [0.717, 1.165) is 48.9 Å². The van der Waals surface area contributed by atoms with Crippen LogP contribution in [0, 0.1) is 5.82 Å². The van der Waals surface area contributed by atoms with Gasteiger partial charge in [0.25, 0.3) is 0 Å². The molecule has 0 spiro atoms. The number of piperazine rings is 1. The summed E-state index contributed by atoms with van der Waals surface area (Å²) in [6, 6.07) is 13.6. The monoisotopic (exact) mass is 509 g/mol. The molecule has 1 fully saturated rings. The fourth-order valence-electron chi connectivity index (χ4n) is 4.65. The lowest BCUT2D eigenvalue weighted by Gasteiger charge is -2.37. The van der Waals surface area contributed by atoms with Crippen LogP contribution in [0.2, 0.25) is 5.02 Å². The smallest absolute Gasteiger partial charge is 0.322 e. The molecule has 0 radical (unpaired) electrons. The first kappa shape index (κ1) is 24.1. The highest BCUT2D eigenvalue weighted by Gasteiger charge is 2.28. The summed E-state index contributed by atoms with van der Waals surface area (Å²) in [4.78, 5) is 31.0. The van der Waals surface area contributed by atoms with Gasteiger partial charge in [0.2, 0.25) is 5.95 Å². The lowest BCUT2D eigenvalue weighted by molar-refractivity contribution is 0.206. The Morgan fingerprint density at radius 3 is 2.42 bits per heavy atom. The van der Waals surface area contributed by atoms with Gasteiger partial charge < -0.3 is 24.9 Å². The van der Waals surface area contributed by atoms with Crippen LogP contribution < -0.4 is 20.0 Å². The third kappa shape index (κ3) is 5.16. The Morgan fingerprint density at radius 1 is 1.00 bits per heavy atom. The predicted octanol–water partition coefficient (Wildman–Crippen LogP) is 4.25. The standard InChI is InChI=1S/C26H29ClFN7O/c1-32(2)24-22-17-35(26(36)29-20-5-3-4-18(27)16-20)11-10-23(22)30-25(31-24)34-14-12-33(13-15-34)21-8-6-19(28)7-9-21/h3-9,16H,10-15,17H2,1-2H3,(H,29,36). The van der Waals surface area contributed by atoms with Crippen LogP contribution in [-0.4, -0.2) is 67.7 Å². The number of rotatable bonds is 4. The molecular weight excluding hydrogens is 481 g/mol. The highest BCUT2D eigenvalue weighted by atomic mass is 35.5. The zero-order valence-corrected chi connectivity index (χ0v) is 21.2. The van der Waals surface area contributed by atoms with Crippen molar-refractivity contribution >= 4 is 40.8 Å². The van der Waals surface area contributed by atoms with Crippen molar-refractivity contribution in [1.82, 2.24) is 14.9 Å². The van der Waals surface area contributed by atoms with Gasteiger partial charge in [0.05, 0.1) is 12.2 Å². The molecule has 0 bridgehead atoms. The number of nitrogens with zero attached hydrogens (tertiary/aromatic N) is 6. The van der Waals surface area contributed by atoms with Crippen LogP contribution in [0.3, 0.4) is 0 Å². The van der Waals surface area contributed by atoms with E-state index in [2.05, 4.69) is 15.1 Å². The molecule has 3 aromatic rings. The van der Waals surface area contributed by atoms with Gasteiger partial charge in [0.1, 0.15) is 11.6 Å². The maximum atomic E-state index is 13.3. The normalized spacial score (nSPS) is 15.5. The number of nitrogens with one attached hydrogen (secondary N) is 1. The number of carbonyl (C=O) groups is 1. The molecule has 1 saturated heterocycles. The van der Waals surface area contributed by atoms with Crippen LogP contribution in [0.1, 0.15) is 11.3 Å². The van der Waals surface area contributed by atoms with Gasteiger partial charge >= 0.3 is 6.03 Å². The number of benzene rings is 2.